The molecular formula is C22H21Cl2FN4OS. The monoisotopic (exact) mass is 478 g/mol. The number of piperidine rings is 1. The number of aromatic nitrogens is 1. The highest BCUT2D eigenvalue weighted by Gasteiger charge is 2.32. The van der Waals surface area contributed by atoms with E-state index >= 15 is 0 Å². The predicted molar refractivity (Wildman–Crippen MR) is 124 cm³/mol. The summed E-state index contributed by atoms with van der Waals surface area (Å²) < 4.78 is 14.2. The van der Waals surface area contributed by atoms with Crippen molar-refractivity contribution in [1.82, 2.24) is 15.2 Å². The summed E-state index contributed by atoms with van der Waals surface area (Å²) >= 11 is 13.6. The van der Waals surface area contributed by atoms with Crippen molar-refractivity contribution in [2.24, 2.45) is 0 Å². The van der Waals surface area contributed by atoms with Gasteiger partial charge in [0, 0.05) is 53.4 Å². The molecule has 162 valence electrons. The van der Waals surface area contributed by atoms with Gasteiger partial charge in [0.25, 0.3) is 0 Å². The maximum atomic E-state index is 13.5. The molecule has 3 heterocycles. The summed E-state index contributed by atoms with van der Waals surface area (Å²) in [7, 11) is 0. The second kappa shape index (κ2) is 9.96. The van der Waals surface area contributed by atoms with Crippen LogP contribution in [0.4, 0.5) is 14.9 Å². The Balaban J connectivity index is 1.45. The molecule has 4 rings (SSSR count). The molecule has 1 aliphatic heterocycles. The summed E-state index contributed by atoms with van der Waals surface area (Å²) in [6, 6.07) is 12.1. The molecule has 2 N–H and O–H groups in total. The molecule has 1 aromatic carbocycles. The minimum Gasteiger partial charge on any atom is -0.334 e. The zero-order chi connectivity index (χ0) is 21.8. The van der Waals surface area contributed by atoms with E-state index in [-0.39, 0.29) is 23.8 Å². The van der Waals surface area contributed by atoms with Gasteiger partial charge in [-0.1, -0.05) is 23.2 Å². The number of anilines is 1. The van der Waals surface area contributed by atoms with Crippen LogP contribution in [0.1, 0.15) is 22.8 Å². The molecule has 0 bridgehead atoms. The third-order valence-electron chi connectivity index (χ3n) is 5.24. The number of carbonyl (C=O) groups is 1. The maximum Gasteiger partial charge on any atom is 0.319 e. The molecule has 1 saturated heterocycles. The number of rotatable bonds is 5. The molecule has 0 unspecified atom stereocenters. The largest absolute Gasteiger partial charge is 0.334 e. The van der Waals surface area contributed by atoms with Gasteiger partial charge in [-0.3, -0.25) is 9.88 Å². The standard InChI is InChI=1S/C22H21Cl2FN4OS/c23-15-1-3-17(4-2-15)27-22(30)28-19-7-8-29(12-14-9-16(25)11-26-10-14)13-18(19)20-5-6-21(24)31-20/h1-6,9-11,18-19H,7-8,12-13H2,(H2,27,28,30)/t18-,19-/m1/s1. The van der Waals surface area contributed by atoms with Crippen molar-refractivity contribution < 1.29 is 9.18 Å². The van der Waals surface area contributed by atoms with Crippen molar-refractivity contribution in [3.05, 3.63) is 80.5 Å². The van der Waals surface area contributed by atoms with Crippen molar-refractivity contribution >= 4 is 46.3 Å². The highest BCUT2D eigenvalue weighted by molar-refractivity contribution is 7.16. The second-order valence-corrected chi connectivity index (χ2v) is 9.68. The Morgan fingerprint density at radius 1 is 1.19 bits per heavy atom. The summed E-state index contributed by atoms with van der Waals surface area (Å²) in [5.74, 6) is -0.266. The molecule has 9 heteroatoms. The number of carbonyl (C=O) groups excluding carboxylic acids is 1. The summed E-state index contributed by atoms with van der Waals surface area (Å²) in [6.45, 7) is 2.10. The van der Waals surface area contributed by atoms with Gasteiger partial charge in [0.05, 0.1) is 10.5 Å². The number of thiophene rings is 1. The van der Waals surface area contributed by atoms with Crippen LogP contribution >= 0.6 is 34.5 Å². The molecule has 3 aromatic rings. The Hall–Kier alpha value is -2.19. The van der Waals surface area contributed by atoms with E-state index in [0.29, 0.717) is 21.6 Å². The minimum absolute atomic E-state index is 0.0519. The van der Waals surface area contributed by atoms with Gasteiger partial charge in [0.2, 0.25) is 0 Å². The van der Waals surface area contributed by atoms with E-state index in [1.807, 2.05) is 12.1 Å². The van der Waals surface area contributed by atoms with Crippen molar-refractivity contribution in [3.8, 4) is 0 Å². The van der Waals surface area contributed by atoms with Crippen LogP contribution in [-0.2, 0) is 6.54 Å². The third kappa shape index (κ3) is 5.95. The highest BCUT2D eigenvalue weighted by atomic mass is 35.5. The number of likely N-dealkylation sites (tertiary alicyclic amines) is 1. The molecule has 0 radical (unpaired) electrons. The molecule has 2 atom stereocenters. The summed E-state index contributed by atoms with van der Waals surface area (Å²) in [6.07, 6.45) is 3.65. The molecule has 31 heavy (non-hydrogen) atoms. The number of hydrogen-bond donors (Lipinski definition) is 2. The number of benzene rings is 1. The first-order chi connectivity index (χ1) is 15.0. The van der Waals surface area contributed by atoms with Crippen LogP contribution in [0.2, 0.25) is 9.36 Å². The first-order valence-electron chi connectivity index (χ1n) is 9.86. The second-order valence-electron chi connectivity index (χ2n) is 7.50. The van der Waals surface area contributed by atoms with Gasteiger partial charge in [-0.15, -0.1) is 11.3 Å². The van der Waals surface area contributed by atoms with E-state index < -0.39 is 0 Å². The molecule has 5 nitrogen and oxygen atoms in total. The summed E-state index contributed by atoms with van der Waals surface area (Å²) in [5, 5.41) is 6.58. The number of pyridine rings is 1. The Morgan fingerprint density at radius 3 is 2.71 bits per heavy atom. The van der Waals surface area contributed by atoms with E-state index in [9.17, 15) is 9.18 Å². The molecule has 1 fully saturated rings. The zero-order valence-electron chi connectivity index (χ0n) is 16.5. The fraction of sp³-hybridized carbons (Fsp3) is 0.273. The van der Waals surface area contributed by atoms with Gasteiger partial charge in [0.1, 0.15) is 5.82 Å². The quantitative estimate of drug-likeness (QED) is 0.489. The Morgan fingerprint density at radius 2 is 2.00 bits per heavy atom. The van der Waals surface area contributed by atoms with Crippen LogP contribution in [0.5, 0.6) is 0 Å². The smallest absolute Gasteiger partial charge is 0.319 e. The van der Waals surface area contributed by atoms with E-state index in [1.165, 1.54) is 23.6 Å². The maximum absolute atomic E-state index is 13.5. The number of nitrogens with one attached hydrogen (secondary N) is 2. The predicted octanol–water partition coefficient (Wildman–Crippen LogP) is 5.77. The number of nitrogens with zero attached hydrogens (tertiary/aromatic N) is 2. The average molecular weight is 479 g/mol. The molecular weight excluding hydrogens is 458 g/mol. The summed E-state index contributed by atoms with van der Waals surface area (Å²) in [5.41, 5.74) is 1.50. The third-order valence-corrected chi connectivity index (χ3v) is 6.86. The van der Waals surface area contributed by atoms with E-state index in [1.54, 1.807) is 30.5 Å². The van der Waals surface area contributed by atoms with Crippen molar-refractivity contribution in [2.45, 2.75) is 24.9 Å². The molecule has 2 aromatic heterocycles. The van der Waals surface area contributed by atoms with Gasteiger partial charge in [-0.05, 0) is 54.4 Å². The Kier molecular flexibility index (Phi) is 7.07. The molecule has 0 aliphatic carbocycles. The molecule has 1 aliphatic rings. The Labute approximate surface area is 194 Å². The summed E-state index contributed by atoms with van der Waals surface area (Å²) in [4.78, 5) is 19.9. The van der Waals surface area contributed by atoms with Gasteiger partial charge in [-0.25, -0.2) is 9.18 Å². The van der Waals surface area contributed by atoms with E-state index in [2.05, 4.69) is 20.5 Å². The van der Waals surface area contributed by atoms with Crippen LogP contribution in [0, 0.1) is 5.82 Å². The lowest BCUT2D eigenvalue weighted by atomic mass is 9.90. The fourth-order valence-electron chi connectivity index (χ4n) is 3.82. The van der Waals surface area contributed by atoms with Crippen LogP contribution in [0.3, 0.4) is 0 Å². The molecule has 0 spiro atoms. The van der Waals surface area contributed by atoms with Crippen LogP contribution in [0.25, 0.3) is 0 Å². The van der Waals surface area contributed by atoms with Crippen LogP contribution < -0.4 is 10.6 Å². The van der Waals surface area contributed by atoms with Crippen molar-refractivity contribution in [1.29, 1.82) is 0 Å². The normalized spacial score (nSPS) is 19.2. The van der Waals surface area contributed by atoms with Gasteiger partial charge in [-0.2, -0.15) is 0 Å². The van der Waals surface area contributed by atoms with Gasteiger partial charge < -0.3 is 10.6 Å². The highest BCUT2D eigenvalue weighted by Crippen LogP contribution is 2.34. The number of amides is 2. The topological polar surface area (TPSA) is 57.3 Å². The van der Waals surface area contributed by atoms with Crippen LogP contribution in [0.15, 0.2) is 54.9 Å². The molecule has 0 saturated carbocycles. The lowest BCUT2D eigenvalue weighted by Crippen LogP contribution is -2.50. The first-order valence-corrected chi connectivity index (χ1v) is 11.4. The number of halogens is 3. The number of hydrogen-bond acceptors (Lipinski definition) is 4. The minimum atomic E-state index is -0.338. The zero-order valence-corrected chi connectivity index (χ0v) is 18.9. The van der Waals surface area contributed by atoms with Crippen molar-refractivity contribution in [3.63, 3.8) is 0 Å². The lowest BCUT2D eigenvalue weighted by molar-refractivity contribution is 0.169. The fourth-order valence-corrected chi connectivity index (χ4v) is 5.16. The van der Waals surface area contributed by atoms with Crippen molar-refractivity contribution in [2.75, 3.05) is 18.4 Å². The Bertz CT molecular complexity index is 1050. The average Bonchev–Trinajstić information content (AvgIpc) is 3.17. The van der Waals surface area contributed by atoms with E-state index in [4.69, 9.17) is 23.2 Å². The molecule has 2 amide bonds. The van der Waals surface area contributed by atoms with E-state index in [0.717, 1.165) is 30.0 Å². The first kappa shape index (κ1) is 22.0. The number of urea groups is 1. The van der Waals surface area contributed by atoms with Gasteiger partial charge in [0.15, 0.2) is 0 Å². The van der Waals surface area contributed by atoms with Crippen LogP contribution in [-0.4, -0.2) is 35.0 Å². The van der Waals surface area contributed by atoms with Gasteiger partial charge >= 0.3 is 6.03 Å². The lowest BCUT2D eigenvalue weighted by Gasteiger charge is -2.38. The SMILES string of the molecule is O=C(Nc1ccc(Cl)cc1)N[C@@H]1CCN(Cc2cncc(F)c2)C[C@H]1c1ccc(Cl)s1.